The molecule has 6 nitrogen and oxygen atoms in total. The lowest BCUT2D eigenvalue weighted by Gasteiger charge is -2.18. The first-order chi connectivity index (χ1) is 12.7. The average molecular weight is 425 g/mol. The Hall–Kier alpha value is -1.70. The molecule has 140 valence electrons. The molecule has 2 aromatic heterocycles. The van der Waals surface area contributed by atoms with E-state index in [2.05, 4.69) is 31.1 Å². The number of nitrogens with one attached hydrogen (secondary N) is 1. The van der Waals surface area contributed by atoms with Gasteiger partial charge in [-0.2, -0.15) is 5.10 Å². The summed E-state index contributed by atoms with van der Waals surface area (Å²) in [6, 6.07) is 3.31. The van der Waals surface area contributed by atoms with E-state index in [1.807, 2.05) is 0 Å². The van der Waals surface area contributed by atoms with Crippen molar-refractivity contribution >= 4 is 21.8 Å². The zero-order chi connectivity index (χ0) is 18.1. The number of alkyl halides is 1. The van der Waals surface area contributed by atoms with E-state index in [-0.39, 0.29) is 23.5 Å². The molecule has 0 spiro atoms. The molecule has 2 fully saturated rings. The number of hydrogen-bond acceptors (Lipinski definition) is 4. The number of aromatic amines is 1. The van der Waals surface area contributed by atoms with Crippen LogP contribution < -0.4 is 0 Å². The maximum atomic E-state index is 13.6. The highest BCUT2D eigenvalue weighted by atomic mass is 79.9. The number of nitrogens with zero attached hydrogens (tertiary/aromatic N) is 3. The van der Waals surface area contributed by atoms with E-state index >= 15 is 0 Å². The fraction of sp³-hybridized carbons (Fsp3) is 0.611. The van der Waals surface area contributed by atoms with Gasteiger partial charge < -0.3 is 9.32 Å². The molecule has 1 amide bonds. The molecule has 8 heteroatoms. The van der Waals surface area contributed by atoms with Gasteiger partial charge in [0.05, 0.1) is 6.67 Å². The van der Waals surface area contributed by atoms with Crippen LogP contribution in [0.15, 0.2) is 21.2 Å². The van der Waals surface area contributed by atoms with Gasteiger partial charge in [-0.3, -0.25) is 14.3 Å². The molecule has 0 radical (unpaired) electrons. The van der Waals surface area contributed by atoms with Crippen LogP contribution in [0.25, 0.3) is 0 Å². The van der Waals surface area contributed by atoms with Crippen LogP contribution in [0.1, 0.15) is 66.1 Å². The monoisotopic (exact) mass is 424 g/mol. The Balaban J connectivity index is 1.49. The van der Waals surface area contributed by atoms with E-state index in [1.165, 1.54) is 19.3 Å². The number of aromatic nitrogens is 3. The first-order valence-electron chi connectivity index (χ1n) is 9.18. The van der Waals surface area contributed by atoms with E-state index in [1.54, 1.807) is 17.0 Å². The molecule has 1 aliphatic heterocycles. The second-order valence-corrected chi connectivity index (χ2v) is 8.03. The van der Waals surface area contributed by atoms with Crippen LogP contribution in [0.2, 0.25) is 0 Å². The van der Waals surface area contributed by atoms with Crippen LogP contribution in [0.4, 0.5) is 4.39 Å². The van der Waals surface area contributed by atoms with Gasteiger partial charge in [0.25, 0.3) is 5.91 Å². The number of carbonyl (C=O) groups excluding carboxylic acids is 1. The van der Waals surface area contributed by atoms with Gasteiger partial charge in [0.15, 0.2) is 16.3 Å². The minimum absolute atomic E-state index is 0.160. The van der Waals surface area contributed by atoms with Gasteiger partial charge in [0.1, 0.15) is 5.82 Å². The molecule has 0 aromatic carbocycles. The van der Waals surface area contributed by atoms with Gasteiger partial charge in [0.2, 0.25) is 0 Å². The predicted molar refractivity (Wildman–Crippen MR) is 96.7 cm³/mol. The molecular formula is C18H22BrFN4O2. The van der Waals surface area contributed by atoms with Crippen LogP contribution in [0, 0.1) is 5.92 Å². The van der Waals surface area contributed by atoms with Crippen molar-refractivity contribution in [3.63, 3.8) is 0 Å². The lowest BCUT2D eigenvalue weighted by molar-refractivity contribution is 0.0751. The van der Waals surface area contributed by atoms with E-state index in [0.717, 1.165) is 18.7 Å². The quantitative estimate of drug-likeness (QED) is 0.803. The molecule has 1 saturated carbocycles. The number of H-pyrrole nitrogens is 1. The second-order valence-electron chi connectivity index (χ2n) is 7.25. The van der Waals surface area contributed by atoms with E-state index in [9.17, 15) is 9.18 Å². The lowest BCUT2D eigenvalue weighted by atomic mass is 9.89. The minimum atomic E-state index is -0.490. The first kappa shape index (κ1) is 17.7. The Morgan fingerprint density at radius 1 is 1.31 bits per heavy atom. The first-order valence-corrected chi connectivity index (χ1v) is 9.97. The minimum Gasteiger partial charge on any atom is -0.444 e. The van der Waals surface area contributed by atoms with Crippen molar-refractivity contribution in [3.05, 3.63) is 34.2 Å². The number of hydrogen-bond donors (Lipinski definition) is 1. The topological polar surface area (TPSA) is 75.0 Å². The third-order valence-corrected chi connectivity index (χ3v) is 5.98. The molecule has 2 atom stereocenters. The summed E-state index contributed by atoms with van der Waals surface area (Å²) in [5, 5.41) is 7.41. The fourth-order valence-corrected chi connectivity index (χ4v) is 4.39. The summed E-state index contributed by atoms with van der Waals surface area (Å²) in [6.07, 6.45) is 5.94. The number of halogens is 2. The van der Waals surface area contributed by atoms with Crippen LogP contribution >= 0.6 is 15.9 Å². The highest BCUT2D eigenvalue weighted by Gasteiger charge is 2.39. The molecule has 1 aliphatic carbocycles. The van der Waals surface area contributed by atoms with Crippen LogP contribution in [0.5, 0.6) is 0 Å². The van der Waals surface area contributed by atoms with Crippen molar-refractivity contribution in [2.75, 3.05) is 19.8 Å². The molecule has 1 saturated heterocycles. The molecular weight excluding hydrogens is 403 g/mol. The summed E-state index contributed by atoms with van der Waals surface area (Å²) in [6.45, 7) is 0.290. The highest BCUT2D eigenvalue weighted by molar-refractivity contribution is 9.10. The summed E-state index contributed by atoms with van der Waals surface area (Å²) < 4.78 is 19.5. The van der Waals surface area contributed by atoms with Gasteiger partial charge in [-0.25, -0.2) is 4.98 Å². The maximum absolute atomic E-state index is 13.6. The number of carbonyl (C=O) groups is 1. The molecule has 0 bridgehead atoms. The van der Waals surface area contributed by atoms with Crippen LogP contribution in [-0.2, 0) is 0 Å². The predicted octanol–water partition coefficient (Wildman–Crippen LogP) is 4.03. The number of rotatable bonds is 4. The molecule has 26 heavy (non-hydrogen) atoms. The molecule has 4 rings (SSSR count). The highest BCUT2D eigenvalue weighted by Crippen LogP contribution is 2.35. The molecule has 0 unspecified atom stereocenters. The third-order valence-electron chi connectivity index (χ3n) is 5.55. The summed E-state index contributed by atoms with van der Waals surface area (Å²) in [7, 11) is 0. The van der Waals surface area contributed by atoms with Gasteiger partial charge in [-0.15, -0.1) is 0 Å². The molecule has 2 aliphatic rings. The SMILES string of the molecule is O=C(c1ccc(Br)o1)N1C[C@@H](CF)[C@H](c2nc(C3CCCCC3)n[nH]2)C1. The Kier molecular flexibility index (Phi) is 5.11. The van der Waals surface area contributed by atoms with E-state index < -0.39 is 6.67 Å². The summed E-state index contributed by atoms with van der Waals surface area (Å²) in [5.41, 5.74) is 0. The van der Waals surface area contributed by atoms with E-state index in [4.69, 9.17) is 4.42 Å². The van der Waals surface area contributed by atoms with Gasteiger partial charge in [0, 0.05) is 30.8 Å². The number of amides is 1. The van der Waals surface area contributed by atoms with Crippen molar-refractivity contribution in [2.24, 2.45) is 5.92 Å². The van der Waals surface area contributed by atoms with Crippen molar-refractivity contribution in [3.8, 4) is 0 Å². The normalized spacial score (nSPS) is 24.3. The van der Waals surface area contributed by atoms with E-state index in [0.29, 0.717) is 29.5 Å². The Morgan fingerprint density at radius 3 is 2.81 bits per heavy atom. The van der Waals surface area contributed by atoms with Gasteiger partial charge in [-0.1, -0.05) is 19.3 Å². The van der Waals surface area contributed by atoms with Crippen LogP contribution in [-0.4, -0.2) is 45.8 Å². The number of likely N-dealkylation sites (tertiary alicyclic amines) is 1. The van der Waals surface area contributed by atoms with Crippen molar-refractivity contribution < 1.29 is 13.6 Å². The lowest BCUT2D eigenvalue weighted by Crippen LogP contribution is -2.28. The van der Waals surface area contributed by atoms with Crippen molar-refractivity contribution in [2.45, 2.75) is 43.9 Å². The Bertz CT molecular complexity index is 771. The largest absolute Gasteiger partial charge is 0.444 e. The standard InChI is InChI=1S/C18H22BrFN4O2/c19-15-7-6-14(26-15)18(25)24-9-12(8-20)13(10-24)17-21-16(22-23-17)11-4-2-1-3-5-11/h6-7,11-13H,1-5,8-10H2,(H,21,22,23)/t12-,13-/m1/s1. The summed E-state index contributed by atoms with van der Waals surface area (Å²) in [4.78, 5) is 18.9. The molecule has 3 heterocycles. The van der Waals surface area contributed by atoms with Crippen molar-refractivity contribution in [1.29, 1.82) is 0 Å². The fourth-order valence-electron chi connectivity index (χ4n) is 4.09. The second kappa shape index (κ2) is 7.50. The molecule has 2 aromatic rings. The summed E-state index contributed by atoms with van der Waals surface area (Å²) in [5.74, 6) is 1.55. The smallest absolute Gasteiger partial charge is 0.289 e. The third kappa shape index (κ3) is 3.43. The zero-order valence-corrected chi connectivity index (χ0v) is 16.0. The van der Waals surface area contributed by atoms with Gasteiger partial charge >= 0.3 is 0 Å². The van der Waals surface area contributed by atoms with Gasteiger partial charge in [-0.05, 0) is 40.9 Å². The maximum Gasteiger partial charge on any atom is 0.289 e. The number of furan rings is 1. The van der Waals surface area contributed by atoms with Crippen LogP contribution in [0.3, 0.4) is 0 Å². The molecule has 1 N–H and O–H groups in total. The average Bonchev–Trinajstić information content (AvgIpc) is 3.40. The Labute approximate surface area is 159 Å². The van der Waals surface area contributed by atoms with Crippen molar-refractivity contribution in [1.82, 2.24) is 20.1 Å². The Morgan fingerprint density at radius 2 is 2.12 bits per heavy atom. The summed E-state index contributed by atoms with van der Waals surface area (Å²) >= 11 is 3.20. The zero-order valence-electron chi connectivity index (χ0n) is 14.5.